The summed E-state index contributed by atoms with van der Waals surface area (Å²) in [5, 5.41) is 4.05. The molecule has 4 rings (SSSR count). The molecule has 1 fully saturated rings. The highest BCUT2D eigenvalue weighted by Crippen LogP contribution is 2.20. The van der Waals surface area contributed by atoms with Crippen molar-refractivity contribution in [2.24, 2.45) is 0 Å². The van der Waals surface area contributed by atoms with Crippen molar-refractivity contribution in [2.75, 3.05) is 20.2 Å². The summed E-state index contributed by atoms with van der Waals surface area (Å²) >= 11 is 0. The van der Waals surface area contributed by atoms with E-state index < -0.39 is 0 Å². The van der Waals surface area contributed by atoms with E-state index in [2.05, 4.69) is 10.3 Å². The van der Waals surface area contributed by atoms with Gasteiger partial charge in [-0.15, -0.1) is 0 Å². The lowest BCUT2D eigenvalue weighted by molar-refractivity contribution is 0.183. The first-order valence-electron chi connectivity index (χ1n) is 9.39. The van der Waals surface area contributed by atoms with Crippen LogP contribution >= 0.6 is 0 Å². The molecule has 0 bridgehead atoms. The summed E-state index contributed by atoms with van der Waals surface area (Å²) < 4.78 is 11.2. The quantitative estimate of drug-likeness (QED) is 0.738. The third kappa shape index (κ3) is 4.17. The molecule has 28 heavy (non-hydrogen) atoms. The largest absolute Gasteiger partial charge is 0.497 e. The summed E-state index contributed by atoms with van der Waals surface area (Å²) in [6.07, 6.45) is 0.755. The number of nitrogens with zero attached hydrogens (tertiary/aromatic N) is 2. The molecule has 144 valence electrons. The molecule has 1 atom stereocenters. The van der Waals surface area contributed by atoms with Crippen LogP contribution < -0.4 is 14.8 Å². The average Bonchev–Trinajstić information content (AvgIpc) is 3.21. The van der Waals surface area contributed by atoms with Gasteiger partial charge in [-0.3, -0.25) is 0 Å². The number of hydrogen-bond acceptors (Lipinski definition) is 4. The highest BCUT2D eigenvalue weighted by atomic mass is 16.5. The Morgan fingerprint density at radius 1 is 1.14 bits per heavy atom. The number of methoxy groups -OCH3 is 1. The number of ether oxygens (including phenoxy) is 2. The second kappa shape index (κ2) is 8.17. The Morgan fingerprint density at radius 3 is 2.79 bits per heavy atom. The van der Waals surface area contributed by atoms with Crippen molar-refractivity contribution in [1.82, 2.24) is 15.2 Å². The van der Waals surface area contributed by atoms with Crippen molar-refractivity contribution in [3.8, 4) is 11.6 Å². The van der Waals surface area contributed by atoms with Crippen LogP contribution in [0.25, 0.3) is 10.9 Å². The molecule has 2 heterocycles. The Kier molecular flexibility index (Phi) is 5.28. The number of urea groups is 1. The summed E-state index contributed by atoms with van der Waals surface area (Å²) in [5.41, 5.74) is 1.94. The van der Waals surface area contributed by atoms with Crippen LogP contribution in [0.4, 0.5) is 4.79 Å². The molecule has 0 aliphatic carbocycles. The van der Waals surface area contributed by atoms with Crippen LogP contribution in [-0.4, -0.2) is 42.2 Å². The molecule has 6 heteroatoms. The lowest BCUT2D eigenvalue weighted by Gasteiger charge is -2.18. The molecule has 3 aromatic rings. The number of aromatic nitrogens is 1. The van der Waals surface area contributed by atoms with E-state index in [1.165, 1.54) is 0 Å². The van der Waals surface area contributed by atoms with Crippen molar-refractivity contribution in [2.45, 2.75) is 19.1 Å². The van der Waals surface area contributed by atoms with E-state index in [0.29, 0.717) is 25.5 Å². The van der Waals surface area contributed by atoms with E-state index in [0.717, 1.165) is 28.6 Å². The number of likely N-dealkylation sites (tertiary alicyclic amines) is 1. The van der Waals surface area contributed by atoms with Crippen LogP contribution in [0.15, 0.2) is 60.7 Å². The molecule has 0 unspecified atom stereocenters. The summed E-state index contributed by atoms with van der Waals surface area (Å²) in [4.78, 5) is 18.8. The zero-order valence-electron chi connectivity index (χ0n) is 15.8. The van der Waals surface area contributed by atoms with Crippen molar-refractivity contribution in [3.63, 3.8) is 0 Å². The molecule has 2 amide bonds. The SMILES string of the molecule is COc1ccc(CNC(=O)N2CC[C@@H](Oc3ccc4ccccc4n3)C2)cc1. The second-order valence-electron chi connectivity index (χ2n) is 6.82. The molecular weight excluding hydrogens is 354 g/mol. The molecule has 0 radical (unpaired) electrons. The highest BCUT2D eigenvalue weighted by Gasteiger charge is 2.27. The van der Waals surface area contributed by atoms with Gasteiger partial charge in [-0.1, -0.05) is 30.3 Å². The number of fused-ring (bicyclic) bond motifs is 1. The van der Waals surface area contributed by atoms with Gasteiger partial charge in [-0.25, -0.2) is 9.78 Å². The van der Waals surface area contributed by atoms with Gasteiger partial charge in [-0.05, 0) is 29.8 Å². The first-order valence-corrected chi connectivity index (χ1v) is 9.39. The van der Waals surface area contributed by atoms with Crippen LogP contribution in [0.5, 0.6) is 11.6 Å². The number of pyridine rings is 1. The first kappa shape index (κ1) is 18.1. The number of rotatable bonds is 5. The average molecular weight is 377 g/mol. The first-order chi connectivity index (χ1) is 13.7. The van der Waals surface area contributed by atoms with Gasteiger partial charge < -0.3 is 19.7 Å². The molecule has 1 N–H and O–H groups in total. The zero-order chi connectivity index (χ0) is 19.3. The number of carbonyl (C=O) groups is 1. The van der Waals surface area contributed by atoms with Gasteiger partial charge in [0.25, 0.3) is 0 Å². The van der Waals surface area contributed by atoms with Crippen LogP contribution in [-0.2, 0) is 6.54 Å². The maximum Gasteiger partial charge on any atom is 0.317 e. The third-order valence-electron chi connectivity index (χ3n) is 4.90. The minimum Gasteiger partial charge on any atom is -0.497 e. The fraction of sp³-hybridized carbons (Fsp3) is 0.273. The monoisotopic (exact) mass is 377 g/mol. The Hall–Kier alpha value is -3.28. The van der Waals surface area contributed by atoms with Gasteiger partial charge in [0.2, 0.25) is 5.88 Å². The second-order valence-corrected chi connectivity index (χ2v) is 6.82. The number of nitrogens with one attached hydrogen (secondary N) is 1. The van der Waals surface area contributed by atoms with Crippen LogP contribution in [0, 0.1) is 0 Å². The topological polar surface area (TPSA) is 63.7 Å². The third-order valence-corrected chi connectivity index (χ3v) is 4.90. The maximum absolute atomic E-state index is 12.4. The van der Waals surface area contributed by atoms with Gasteiger partial charge in [-0.2, -0.15) is 0 Å². The summed E-state index contributed by atoms with van der Waals surface area (Å²) in [6, 6.07) is 19.4. The lowest BCUT2D eigenvalue weighted by atomic mass is 10.2. The minimum absolute atomic E-state index is 0.0413. The van der Waals surface area contributed by atoms with E-state index in [4.69, 9.17) is 9.47 Å². The Bertz CT molecular complexity index is 959. The number of para-hydroxylation sites is 1. The molecule has 1 aromatic heterocycles. The normalized spacial score (nSPS) is 16.2. The van der Waals surface area contributed by atoms with Gasteiger partial charge in [0.1, 0.15) is 11.9 Å². The highest BCUT2D eigenvalue weighted by molar-refractivity contribution is 5.78. The summed E-state index contributed by atoms with van der Waals surface area (Å²) in [5.74, 6) is 1.40. The van der Waals surface area contributed by atoms with Gasteiger partial charge in [0, 0.05) is 31.0 Å². The molecule has 1 aliphatic heterocycles. The van der Waals surface area contributed by atoms with Crippen molar-refractivity contribution >= 4 is 16.9 Å². The predicted octanol–water partition coefficient (Wildman–Crippen LogP) is 3.61. The molecule has 1 aliphatic rings. The fourth-order valence-electron chi connectivity index (χ4n) is 3.33. The standard InChI is InChI=1S/C22H23N3O3/c1-27-18-9-6-16(7-10-18)14-23-22(26)25-13-12-19(15-25)28-21-11-8-17-4-2-3-5-20(17)24-21/h2-11,19H,12-15H2,1H3,(H,23,26)/t19-/m1/s1. The van der Waals surface area contributed by atoms with Crippen molar-refractivity contribution < 1.29 is 14.3 Å². The molecule has 0 saturated carbocycles. The number of carbonyl (C=O) groups excluding carboxylic acids is 1. The Morgan fingerprint density at radius 2 is 1.96 bits per heavy atom. The molecular formula is C22H23N3O3. The minimum atomic E-state index is -0.0756. The number of benzene rings is 2. The van der Waals surface area contributed by atoms with Crippen molar-refractivity contribution in [3.05, 3.63) is 66.2 Å². The maximum atomic E-state index is 12.4. The van der Waals surface area contributed by atoms with E-state index >= 15 is 0 Å². The van der Waals surface area contributed by atoms with E-state index in [1.807, 2.05) is 60.7 Å². The van der Waals surface area contributed by atoms with E-state index in [1.54, 1.807) is 12.0 Å². The van der Waals surface area contributed by atoms with Crippen LogP contribution in [0.3, 0.4) is 0 Å². The van der Waals surface area contributed by atoms with Crippen molar-refractivity contribution in [1.29, 1.82) is 0 Å². The molecule has 1 saturated heterocycles. The Labute approximate surface area is 164 Å². The van der Waals surface area contributed by atoms with Crippen LogP contribution in [0.2, 0.25) is 0 Å². The molecule has 2 aromatic carbocycles. The fourth-order valence-corrected chi connectivity index (χ4v) is 3.33. The molecule has 0 spiro atoms. The van der Waals surface area contributed by atoms with E-state index in [-0.39, 0.29) is 12.1 Å². The smallest absolute Gasteiger partial charge is 0.317 e. The predicted molar refractivity (Wildman–Crippen MR) is 108 cm³/mol. The number of hydrogen-bond donors (Lipinski definition) is 1. The number of amides is 2. The Balaban J connectivity index is 1.29. The van der Waals surface area contributed by atoms with Crippen LogP contribution in [0.1, 0.15) is 12.0 Å². The summed E-state index contributed by atoms with van der Waals surface area (Å²) in [7, 11) is 1.64. The van der Waals surface area contributed by atoms with E-state index in [9.17, 15) is 4.79 Å². The molecule has 6 nitrogen and oxygen atoms in total. The lowest BCUT2D eigenvalue weighted by Crippen LogP contribution is -2.39. The van der Waals surface area contributed by atoms with Gasteiger partial charge in [0.15, 0.2) is 0 Å². The van der Waals surface area contributed by atoms with Gasteiger partial charge in [0.05, 0.1) is 19.2 Å². The summed E-state index contributed by atoms with van der Waals surface area (Å²) in [6.45, 7) is 1.72. The van der Waals surface area contributed by atoms with Gasteiger partial charge >= 0.3 is 6.03 Å². The zero-order valence-corrected chi connectivity index (χ0v) is 15.8.